The van der Waals surface area contributed by atoms with Crippen LogP contribution in [0.25, 0.3) is 0 Å². The Morgan fingerprint density at radius 2 is 2.23 bits per heavy atom. The Labute approximate surface area is 84.1 Å². The van der Waals surface area contributed by atoms with Gasteiger partial charge in [-0.1, -0.05) is 15.9 Å². The summed E-state index contributed by atoms with van der Waals surface area (Å²) in [7, 11) is 0. The predicted molar refractivity (Wildman–Crippen MR) is 51.7 cm³/mol. The maximum absolute atomic E-state index is 13.2. The summed E-state index contributed by atoms with van der Waals surface area (Å²) in [5.41, 5.74) is 4.50. The molecule has 0 saturated heterocycles. The molecule has 2 N–H and O–H groups in total. The minimum Gasteiger partial charge on any atom is -0.316 e. The van der Waals surface area contributed by atoms with Gasteiger partial charge in [-0.25, -0.2) is 4.39 Å². The number of hydrogen-bond donors (Lipinski definition) is 1. The topological polar surface area (TPSA) is 43.1 Å². The SMILES string of the molecule is CC(N)(C=O)c1cc(Br)ccc1F. The molecule has 1 atom stereocenters. The molecule has 0 radical (unpaired) electrons. The van der Waals surface area contributed by atoms with E-state index in [1.165, 1.54) is 19.1 Å². The maximum Gasteiger partial charge on any atom is 0.144 e. The first-order valence-corrected chi connectivity index (χ1v) is 4.47. The van der Waals surface area contributed by atoms with Gasteiger partial charge >= 0.3 is 0 Å². The number of aldehydes is 1. The van der Waals surface area contributed by atoms with Gasteiger partial charge in [0.25, 0.3) is 0 Å². The van der Waals surface area contributed by atoms with Gasteiger partial charge in [0.2, 0.25) is 0 Å². The zero-order valence-electron chi connectivity index (χ0n) is 7.05. The van der Waals surface area contributed by atoms with Gasteiger partial charge in [0.15, 0.2) is 0 Å². The van der Waals surface area contributed by atoms with Crippen LogP contribution in [0.2, 0.25) is 0 Å². The highest BCUT2D eigenvalue weighted by atomic mass is 79.9. The van der Waals surface area contributed by atoms with E-state index in [2.05, 4.69) is 15.9 Å². The van der Waals surface area contributed by atoms with Crippen LogP contribution in [0.5, 0.6) is 0 Å². The Kier molecular flexibility index (Phi) is 2.83. The smallest absolute Gasteiger partial charge is 0.144 e. The first-order valence-electron chi connectivity index (χ1n) is 3.68. The number of halogens is 2. The molecule has 1 unspecified atom stereocenters. The zero-order valence-corrected chi connectivity index (χ0v) is 8.64. The normalized spacial score (nSPS) is 15.1. The summed E-state index contributed by atoms with van der Waals surface area (Å²) < 4.78 is 13.9. The summed E-state index contributed by atoms with van der Waals surface area (Å²) in [6, 6.07) is 4.33. The van der Waals surface area contributed by atoms with Gasteiger partial charge in [-0.2, -0.15) is 0 Å². The van der Waals surface area contributed by atoms with Crippen molar-refractivity contribution in [2.75, 3.05) is 0 Å². The van der Waals surface area contributed by atoms with Crippen LogP contribution < -0.4 is 5.73 Å². The van der Waals surface area contributed by atoms with E-state index in [1.54, 1.807) is 6.07 Å². The Balaban J connectivity index is 3.28. The molecular weight excluding hydrogens is 237 g/mol. The van der Waals surface area contributed by atoms with Crippen molar-refractivity contribution < 1.29 is 9.18 Å². The van der Waals surface area contributed by atoms with Crippen LogP contribution >= 0.6 is 15.9 Å². The van der Waals surface area contributed by atoms with Crippen molar-refractivity contribution in [3.63, 3.8) is 0 Å². The molecule has 1 rings (SSSR count). The van der Waals surface area contributed by atoms with Gasteiger partial charge in [-0.3, -0.25) is 0 Å². The highest BCUT2D eigenvalue weighted by Crippen LogP contribution is 2.23. The van der Waals surface area contributed by atoms with Crippen molar-refractivity contribution in [2.24, 2.45) is 5.73 Å². The average Bonchev–Trinajstić information content (AvgIpc) is 2.09. The van der Waals surface area contributed by atoms with E-state index in [0.29, 0.717) is 10.8 Å². The summed E-state index contributed by atoms with van der Waals surface area (Å²) in [5, 5.41) is 0. The number of rotatable bonds is 2. The Bertz CT molecular complexity index is 338. The fourth-order valence-corrected chi connectivity index (χ4v) is 1.33. The zero-order chi connectivity index (χ0) is 10.1. The summed E-state index contributed by atoms with van der Waals surface area (Å²) in [6.45, 7) is 1.46. The first kappa shape index (κ1) is 10.3. The molecule has 2 nitrogen and oxygen atoms in total. The van der Waals surface area contributed by atoms with Gasteiger partial charge in [0.05, 0.1) is 5.54 Å². The summed E-state index contributed by atoms with van der Waals surface area (Å²) >= 11 is 3.18. The number of carbonyl (C=O) groups is 1. The Morgan fingerprint density at radius 3 is 2.77 bits per heavy atom. The lowest BCUT2D eigenvalue weighted by Crippen LogP contribution is -2.35. The fourth-order valence-electron chi connectivity index (χ4n) is 0.974. The fraction of sp³-hybridized carbons (Fsp3) is 0.222. The van der Waals surface area contributed by atoms with E-state index in [0.717, 1.165) is 0 Å². The minimum atomic E-state index is -1.27. The first-order chi connectivity index (χ1) is 5.97. The molecule has 0 heterocycles. The number of carbonyl (C=O) groups excluding carboxylic acids is 1. The van der Waals surface area contributed by atoms with Crippen molar-refractivity contribution in [3.8, 4) is 0 Å². The molecule has 0 spiro atoms. The third kappa shape index (κ3) is 2.14. The van der Waals surface area contributed by atoms with Crippen molar-refractivity contribution in [2.45, 2.75) is 12.5 Å². The second-order valence-electron chi connectivity index (χ2n) is 3.02. The van der Waals surface area contributed by atoms with Crippen molar-refractivity contribution in [1.29, 1.82) is 0 Å². The van der Waals surface area contributed by atoms with Crippen molar-refractivity contribution in [3.05, 3.63) is 34.1 Å². The van der Waals surface area contributed by atoms with E-state index < -0.39 is 11.4 Å². The molecule has 4 heteroatoms. The number of benzene rings is 1. The predicted octanol–water partition coefficient (Wildman–Crippen LogP) is 1.96. The molecule has 0 fully saturated rings. The molecule has 0 aliphatic carbocycles. The summed E-state index contributed by atoms with van der Waals surface area (Å²) in [5.74, 6) is -0.472. The monoisotopic (exact) mass is 245 g/mol. The Hall–Kier alpha value is -0.740. The van der Waals surface area contributed by atoms with E-state index in [-0.39, 0.29) is 5.56 Å². The van der Waals surface area contributed by atoms with Crippen LogP contribution in [0.1, 0.15) is 12.5 Å². The van der Waals surface area contributed by atoms with E-state index >= 15 is 0 Å². The van der Waals surface area contributed by atoms with E-state index in [4.69, 9.17) is 5.73 Å². The van der Waals surface area contributed by atoms with Gasteiger partial charge in [-0.05, 0) is 25.1 Å². The van der Waals surface area contributed by atoms with Crippen molar-refractivity contribution >= 4 is 22.2 Å². The third-order valence-electron chi connectivity index (χ3n) is 1.75. The molecular formula is C9H9BrFNO. The molecule has 0 aromatic heterocycles. The molecule has 0 bridgehead atoms. The van der Waals surface area contributed by atoms with Crippen LogP contribution in [-0.4, -0.2) is 6.29 Å². The van der Waals surface area contributed by atoms with Crippen LogP contribution in [0.4, 0.5) is 4.39 Å². The highest BCUT2D eigenvalue weighted by Gasteiger charge is 2.23. The molecule has 0 aliphatic heterocycles. The molecule has 70 valence electrons. The number of nitrogens with two attached hydrogens (primary N) is 1. The molecule has 0 aliphatic rings. The van der Waals surface area contributed by atoms with E-state index in [1.807, 2.05) is 0 Å². The van der Waals surface area contributed by atoms with Crippen molar-refractivity contribution in [1.82, 2.24) is 0 Å². The lowest BCUT2D eigenvalue weighted by molar-refractivity contribution is -0.112. The molecule has 13 heavy (non-hydrogen) atoms. The van der Waals surface area contributed by atoms with Gasteiger partial charge in [-0.15, -0.1) is 0 Å². The average molecular weight is 246 g/mol. The number of hydrogen-bond acceptors (Lipinski definition) is 2. The maximum atomic E-state index is 13.2. The molecule has 1 aromatic carbocycles. The second kappa shape index (κ2) is 3.55. The second-order valence-corrected chi connectivity index (χ2v) is 3.94. The standard InChI is InChI=1S/C9H9BrFNO/c1-9(12,5-13)7-4-6(10)2-3-8(7)11/h2-5H,12H2,1H3. The van der Waals surface area contributed by atoms with Crippen LogP contribution in [-0.2, 0) is 10.3 Å². The molecule has 0 saturated carbocycles. The summed E-state index contributed by atoms with van der Waals surface area (Å²) in [4.78, 5) is 10.6. The van der Waals surface area contributed by atoms with Gasteiger partial charge in [0.1, 0.15) is 12.1 Å². The van der Waals surface area contributed by atoms with Gasteiger partial charge in [0, 0.05) is 10.0 Å². The lowest BCUT2D eigenvalue weighted by Gasteiger charge is -2.18. The quantitative estimate of drug-likeness (QED) is 0.810. The highest BCUT2D eigenvalue weighted by molar-refractivity contribution is 9.10. The summed E-state index contributed by atoms with van der Waals surface area (Å²) in [6.07, 6.45) is 0.526. The third-order valence-corrected chi connectivity index (χ3v) is 2.25. The van der Waals surface area contributed by atoms with Gasteiger partial charge < -0.3 is 10.5 Å². The Morgan fingerprint density at radius 1 is 1.62 bits per heavy atom. The van der Waals surface area contributed by atoms with Crippen LogP contribution in [0.3, 0.4) is 0 Å². The molecule has 0 amide bonds. The van der Waals surface area contributed by atoms with E-state index in [9.17, 15) is 9.18 Å². The minimum absolute atomic E-state index is 0.192. The lowest BCUT2D eigenvalue weighted by atomic mass is 9.95. The van der Waals surface area contributed by atoms with Crippen LogP contribution in [0, 0.1) is 5.82 Å². The largest absolute Gasteiger partial charge is 0.316 e. The molecule has 1 aromatic rings. The van der Waals surface area contributed by atoms with Crippen LogP contribution in [0.15, 0.2) is 22.7 Å².